The molecule has 0 saturated heterocycles. The summed E-state index contributed by atoms with van der Waals surface area (Å²) in [4.78, 5) is 32.6. The van der Waals surface area contributed by atoms with Gasteiger partial charge in [-0.25, -0.2) is 0 Å². The monoisotopic (exact) mass is 274 g/mol. The number of carbonyl (C=O) groups excluding carboxylic acids is 3. The Labute approximate surface area is 112 Å². The van der Waals surface area contributed by atoms with Crippen molar-refractivity contribution in [1.82, 2.24) is 21.3 Å². The third kappa shape index (κ3) is 12.6. The maximum atomic E-state index is 11.3. The summed E-state index contributed by atoms with van der Waals surface area (Å²) in [5.74, 6) is -0.374. The molecule has 0 saturated carbocycles. The number of rotatable bonds is 12. The van der Waals surface area contributed by atoms with E-state index >= 15 is 0 Å². The summed E-state index contributed by atoms with van der Waals surface area (Å²) in [6.07, 6.45) is 0.854. The Morgan fingerprint density at radius 1 is 1.00 bits per heavy atom. The van der Waals surface area contributed by atoms with Crippen LogP contribution in [0.3, 0.4) is 0 Å². The fourth-order valence-corrected chi connectivity index (χ4v) is 1.20. The van der Waals surface area contributed by atoms with Gasteiger partial charge in [0.1, 0.15) is 0 Å². The topological polar surface area (TPSA) is 109 Å². The van der Waals surface area contributed by atoms with Crippen LogP contribution in [-0.4, -0.2) is 58.2 Å². The van der Waals surface area contributed by atoms with Crippen molar-refractivity contribution in [2.75, 3.05) is 40.0 Å². The second-order valence-electron chi connectivity index (χ2n) is 3.70. The van der Waals surface area contributed by atoms with E-state index in [-0.39, 0.29) is 24.7 Å². The molecule has 4 N–H and O–H groups in total. The van der Waals surface area contributed by atoms with Crippen molar-refractivity contribution in [3.05, 3.63) is 0 Å². The summed E-state index contributed by atoms with van der Waals surface area (Å²) in [5, 5.41) is 10.6. The summed E-state index contributed by atoms with van der Waals surface area (Å²) < 4.78 is 4.78. The Morgan fingerprint density at radius 3 is 2.11 bits per heavy atom. The molecule has 0 fully saturated rings. The van der Waals surface area contributed by atoms with E-state index in [9.17, 15) is 14.4 Å². The van der Waals surface area contributed by atoms with Gasteiger partial charge in [0.25, 0.3) is 0 Å². The van der Waals surface area contributed by atoms with E-state index in [2.05, 4.69) is 21.3 Å². The molecular formula is C11H22N4O4. The lowest BCUT2D eigenvalue weighted by Gasteiger charge is -2.07. The van der Waals surface area contributed by atoms with Gasteiger partial charge >= 0.3 is 0 Å². The molecule has 0 atom stereocenters. The minimum absolute atomic E-state index is 0.137. The van der Waals surface area contributed by atoms with Crippen molar-refractivity contribution in [2.24, 2.45) is 0 Å². The van der Waals surface area contributed by atoms with Crippen LogP contribution in [0.4, 0.5) is 0 Å². The number of ether oxygens (including phenoxy) is 1. The number of hydrogen-bond acceptors (Lipinski definition) is 5. The third-order valence-electron chi connectivity index (χ3n) is 2.12. The van der Waals surface area contributed by atoms with Crippen LogP contribution >= 0.6 is 0 Å². The van der Waals surface area contributed by atoms with Crippen molar-refractivity contribution in [2.45, 2.75) is 12.8 Å². The molecule has 0 rings (SSSR count). The van der Waals surface area contributed by atoms with Crippen LogP contribution in [0.15, 0.2) is 0 Å². The largest absolute Gasteiger partial charge is 0.370 e. The molecule has 110 valence electrons. The quantitative estimate of drug-likeness (QED) is 0.186. The van der Waals surface area contributed by atoms with Gasteiger partial charge < -0.3 is 20.7 Å². The first-order valence-electron chi connectivity index (χ1n) is 6.10. The van der Waals surface area contributed by atoms with Gasteiger partial charge in [0.05, 0.1) is 6.73 Å². The highest BCUT2D eigenvalue weighted by atomic mass is 16.5. The summed E-state index contributed by atoms with van der Waals surface area (Å²) in [5.41, 5.74) is 0. The Morgan fingerprint density at radius 2 is 1.58 bits per heavy atom. The van der Waals surface area contributed by atoms with E-state index in [1.165, 1.54) is 0 Å². The normalized spacial score (nSPS) is 9.74. The van der Waals surface area contributed by atoms with Crippen LogP contribution in [-0.2, 0) is 19.1 Å². The highest BCUT2D eigenvalue weighted by molar-refractivity contribution is 5.83. The summed E-state index contributed by atoms with van der Waals surface area (Å²) >= 11 is 0. The van der Waals surface area contributed by atoms with Gasteiger partial charge in [0, 0.05) is 46.1 Å². The summed E-state index contributed by atoms with van der Waals surface area (Å²) in [6.45, 7) is 2.29. The molecule has 0 aliphatic carbocycles. The highest BCUT2D eigenvalue weighted by Crippen LogP contribution is 1.88. The number of carbonyl (C=O) groups is 3. The van der Waals surface area contributed by atoms with Crippen LogP contribution in [0.5, 0.6) is 0 Å². The molecule has 8 nitrogen and oxygen atoms in total. The van der Waals surface area contributed by atoms with Gasteiger partial charge in [0.2, 0.25) is 18.2 Å². The Hall–Kier alpha value is -1.67. The van der Waals surface area contributed by atoms with Crippen molar-refractivity contribution >= 4 is 18.2 Å². The lowest BCUT2D eigenvalue weighted by molar-refractivity contribution is -0.126. The van der Waals surface area contributed by atoms with Gasteiger partial charge in [-0.3, -0.25) is 19.7 Å². The molecule has 0 bridgehead atoms. The number of hydrogen-bond donors (Lipinski definition) is 4. The highest BCUT2D eigenvalue weighted by Gasteiger charge is 2.05. The van der Waals surface area contributed by atoms with Crippen LogP contribution in [0.2, 0.25) is 0 Å². The molecule has 0 unspecified atom stereocenters. The average molecular weight is 274 g/mol. The van der Waals surface area contributed by atoms with Crippen molar-refractivity contribution in [3.8, 4) is 0 Å². The van der Waals surface area contributed by atoms with Gasteiger partial charge in [-0.15, -0.1) is 0 Å². The molecular weight excluding hydrogens is 252 g/mol. The fraction of sp³-hybridized carbons (Fsp3) is 0.727. The number of amides is 3. The molecule has 0 spiro atoms. The molecule has 0 heterocycles. The molecule has 0 aromatic rings. The summed E-state index contributed by atoms with van der Waals surface area (Å²) in [7, 11) is 1.58. The Kier molecular flexibility index (Phi) is 11.7. The smallest absolute Gasteiger partial charge is 0.220 e. The fourth-order valence-electron chi connectivity index (χ4n) is 1.20. The van der Waals surface area contributed by atoms with Gasteiger partial charge in [-0.2, -0.15) is 0 Å². The maximum absolute atomic E-state index is 11.3. The van der Waals surface area contributed by atoms with Gasteiger partial charge in [0.15, 0.2) is 0 Å². The predicted octanol–water partition coefficient (Wildman–Crippen LogP) is -2.06. The van der Waals surface area contributed by atoms with Gasteiger partial charge in [-0.05, 0) is 0 Å². The number of nitrogens with one attached hydrogen (secondary N) is 4. The van der Waals surface area contributed by atoms with Crippen LogP contribution in [0, 0.1) is 0 Å². The second kappa shape index (κ2) is 12.8. The molecule has 0 aliphatic rings. The SMILES string of the molecule is COCNCCNC(=O)CCC(=O)NCCNC=O. The molecule has 3 amide bonds. The van der Waals surface area contributed by atoms with Crippen molar-refractivity contribution in [1.29, 1.82) is 0 Å². The van der Waals surface area contributed by atoms with E-state index in [1.54, 1.807) is 7.11 Å². The van der Waals surface area contributed by atoms with E-state index in [1.807, 2.05) is 0 Å². The maximum Gasteiger partial charge on any atom is 0.220 e. The zero-order valence-corrected chi connectivity index (χ0v) is 11.2. The molecule has 0 aromatic heterocycles. The van der Waals surface area contributed by atoms with Crippen molar-refractivity contribution in [3.63, 3.8) is 0 Å². The Balaban J connectivity index is 3.40. The molecule has 0 aromatic carbocycles. The zero-order chi connectivity index (χ0) is 14.3. The second-order valence-corrected chi connectivity index (χ2v) is 3.70. The lowest BCUT2D eigenvalue weighted by Crippen LogP contribution is -2.34. The zero-order valence-electron chi connectivity index (χ0n) is 11.2. The lowest BCUT2D eigenvalue weighted by atomic mass is 10.3. The molecule has 0 aliphatic heterocycles. The first-order valence-corrected chi connectivity index (χ1v) is 6.10. The van der Waals surface area contributed by atoms with Gasteiger partial charge in [-0.1, -0.05) is 0 Å². The van der Waals surface area contributed by atoms with E-state index < -0.39 is 0 Å². The number of methoxy groups -OCH3 is 1. The minimum Gasteiger partial charge on any atom is -0.370 e. The molecule has 8 heteroatoms. The van der Waals surface area contributed by atoms with Crippen molar-refractivity contribution < 1.29 is 19.1 Å². The van der Waals surface area contributed by atoms with E-state index in [4.69, 9.17) is 4.74 Å². The first kappa shape index (κ1) is 17.3. The molecule has 0 radical (unpaired) electrons. The van der Waals surface area contributed by atoms with Crippen LogP contribution in [0.25, 0.3) is 0 Å². The molecule has 19 heavy (non-hydrogen) atoms. The standard InChI is InChI=1S/C11H22N4O4/c1-19-9-13-5-7-15-11(18)3-2-10(17)14-6-4-12-8-16/h8,13H,2-7,9H2,1H3,(H,12,16)(H,14,17)(H,15,18). The Bertz CT molecular complexity index is 273. The van der Waals surface area contributed by atoms with Crippen LogP contribution in [0.1, 0.15) is 12.8 Å². The predicted molar refractivity (Wildman–Crippen MR) is 69.2 cm³/mol. The minimum atomic E-state index is -0.208. The average Bonchev–Trinajstić information content (AvgIpc) is 2.41. The third-order valence-corrected chi connectivity index (χ3v) is 2.12. The van der Waals surface area contributed by atoms with E-state index in [0.717, 1.165) is 0 Å². The summed E-state index contributed by atoms with van der Waals surface area (Å²) in [6, 6.07) is 0. The van der Waals surface area contributed by atoms with E-state index in [0.29, 0.717) is 39.3 Å². The van der Waals surface area contributed by atoms with Crippen LogP contribution < -0.4 is 21.3 Å². The first-order chi connectivity index (χ1) is 9.20.